The zero-order valence-electron chi connectivity index (χ0n) is 16.0. The van der Waals surface area contributed by atoms with Crippen molar-refractivity contribution in [3.63, 3.8) is 0 Å². The molecule has 0 saturated heterocycles. The fourth-order valence-corrected chi connectivity index (χ4v) is 4.35. The average Bonchev–Trinajstić information content (AvgIpc) is 2.67. The third-order valence-corrected chi connectivity index (χ3v) is 6.15. The molecule has 0 aromatic heterocycles. The first-order valence-electron chi connectivity index (χ1n) is 9.36. The Balaban J connectivity index is 0.000000260. The summed E-state index contributed by atoms with van der Waals surface area (Å²) in [6, 6.07) is 16.6. The SMILES string of the molecule is CC[NH+](CC)CC.O=S(=O)([O-])c1ccc2ccc3cccc4ccc1c2c34. The maximum atomic E-state index is 11.4. The maximum absolute atomic E-state index is 11.4. The Kier molecular flexibility index (Phi) is 5.65. The third kappa shape index (κ3) is 3.76. The lowest BCUT2D eigenvalue weighted by Gasteiger charge is -2.15. The molecule has 142 valence electrons. The second kappa shape index (κ2) is 7.80. The predicted octanol–water partition coefficient (Wildman–Crippen LogP) is 3.42. The molecule has 0 unspecified atom stereocenters. The first-order chi connectivity index (χ1) is 12.9. The lowest BCUT2D eigenvalue weighted by Crippen LogP contribution is -3.11. The van der Waals surface area contributed by atoms with Crippen LogP contribution in [0.1, 0.15) is 20.8 Å². The summed E-state index contributed by atoms with van der Waals surface area (Å²) < 4.78 is 34.3. The van der Waals surface area contributed by atoms with Crippen LogP contribution in [0.4, 0.5) is 0 Å². The zero-order chi connectivity index (χ0) is 19.6. The second-order valence-corrected chi connectivity index (χ2v) is 8.03. The van der Waals surface area contributed by atoms with E-state index < -0.39 is 10.1 Å². The zero-order valence-corrected chi connectivity index (χ0v) is 16.8. The van der Waals surface area contributed by atoms with Gasteiger partial charge in [-0.2, -0.15) is 0 Å². The molecule has 1 N–H and O–H groups in total. The lowest BCUT2D eigenvalue weighted by atomic mass is 9.94. The lowest BCUT2D eigenvalue weighted by molar-refractivity contribution is -0.894. The molecule has 4 aromatic carbocycles. The van der Waals surface area contributed by atoms with Crippen molar-refractivity contribution in [2.24, 2.45) is 0 Å². The highest BCUT2D eigenvalue weighted by Crippen LogP contribution is 2.36. The summed E-state index contributed by atoms with van der Waals surface area (Å²) in [5.74, 6) is 0. The molecule has 0 aliphatic heterocycles. The molecular weight excluding hydrogens is 358 g/mol. The van der Waals surface area contributed by atoms with Gasteiger partial charge < -0.3 is 9.45 Å². The molecule has 4 aromatic rings. The van der Waals surface area contributed by atoms with Crippen LogP contribution in [0, 0.1) is 0 Å². The number of benzene rings is 4. The van der Waals surface area contributed by atoms with Crippen molar-refractivity contribution in [2.45, 2.75) is 25.7 Å². The Morgan fingerprint density at radius 1 is 0.741 bits per heavy atom. The molecule has 5 heteroatoms. The Hall–Kier alpha value is -2.21. The van der Waals surface area contributed by atoms with E-state index in [2.05, 4.69) is 20.8 Å². The maximum Gasteiger partial charge on any atom is 0.125 e. The van der Waals surface area contributed by atoms with E-state index in [1.165, 1.54) is 25.7 Å². The van der Waals surface area contributed by atoms with E-state index in [4.69, 9.17) is 0 Å². The van der Waals surface area contributed by atoms with Crippen molar-refractivity contribution < 1.29 is 17.9 Å². The fraction of sp³-hybridized carbons (Fsp3) is 0.273. The summed E-state index contributed by atoms with van der Waals surface area (Å²) in [4.78, 5) is 1.53. The molecule has 0 aliphatic carbocycles. The molecular formula is C22H25NO3S. The van der Waals surface area contributed by atoms with E-state index in [0.717, 1.165) is 26.9 Å². The van der Waals surface area contributed by atoms with Crippen LogP contribution in [0.2, 0.25) is 0 Å². The van der Waals surface area contributed by atoms with Gasteiger partial charge in [0.1, 0.15) is 10.1 Å². The average molecular weight is 384 g/mol. The van der Waals surface area contributed by atoms with Crippen molar-refractivity contribution >= 4 is 42.4 Å². The Bertz CT molecular complexity index is 1140. The summed E-state index contributed by atoms with van der Waals surface area (Å²) in [5, 5.41) is 5.38. The van der Waals surface area contributed by atoms with Gasteiger partial charge in [0.15, 0.2) is 0 Å². The van der Waals surface area contributed by atoms with Gasteiger partial charge in [-0.1, -0.05) is 48.5 Å². The molecule has 0 fully saturated rings. The van der Waals surface area contributed by atoms with Gasteiger partial charge in [0.05, 0.1) is 24.5 Å². The van der Waals surface area contributed by atoms with Crippen LogP contribution >= 0.6 is 0 Å². The summed E-state index contributed by atoms with van der Waals surface area (Å²) in [7, 11) is -4.48. The number of quaternary nitrogens is 1. The highest BCUT2D eigenvalue weighted by molar-refractivity contribution is 7.86. The highest BCUT2D eigenvalue weighted by Gasteiger charge is 2.13. The van der Waals surface area contributed by atoms with Crippen molar-refractivity contribution in [1.82, 2.24) is 0 Å². The van der Waals surface area contributed by atoms with Gasteiger partial charge >= 0.3 is 0 Å². The largest absolute Gasteiger partial charge is 0.744 e. The van der Waals surface area contributed by atoms with Crippen molar-refractivity contribution in [2.75, 3.05) is 19.6 Å². The smallest absolute Gasteiger partial charge is 0.125 e. The number of hydrogen-bond donors (Lipinski definition) is 1. The van der Waals surface area contributed by atoms with E-state index in [-0.39, 0.29) is 4.90 Å². The standard InChI is InChI=1S/C16H10O3S.C6H15N/c17-20(18,19)14-9-7-12-5-4-10-2-1-3-11-6-8-13(14)16(12)15(10)11;1-4-7(5-2)6-3/h1-9H,(H,17,18,19);4-6H2,1-3H3. The van der Waals surface area contributed by atoms with Crippen LogP contribution < -0.4 is 4.90 Å². The van der Waals surface area contributed by atoms with Crippen LogP contribution in [-0.2, 0) is 10.1 Å². The highest BCUT2D eigenvalue weighted by atomic mass is 32.2. The van der Waals surface area contributed by atoms with Crippen LogP contribution in [0.15, 0.2) is 59.5 Å². The minimum atomic E-state index is -4.48. The molecule has 0 amide bonds. The molecule has 0 heterocycles. The Morgan fingerprint density at radius 3 is 1.70 bits per heavy atom. The van der Waals surface area contributed by atoms with E-state index in [1.54, 1.807) is 17.0 Å². The Morgan fingerprint density at radius 2 is 1.22 bits per heavy atom. The van der Waals surface area contributed by atoms with Crippen LogP contribution in [-0.4, -0.2) is 32.6 Å². The summed E-state index contributed by atoms with van der Waals surface area (Å²) >= 11 is 0. The molecule has 4 nitrogen and oxygen atoms in total. The minimum absolute atomic E-state index is 0.150. The van der Waals surface area contributed by atoms with Gasteiger partial charge in [0.2, 0.25) is 0 Å². The van der Waals surface area contributed by atoms with Gasteiger partial charge in [-0.25, -0.2) is 8.42 Å². The first-order valence-corrected chi connectivity index (χ1v) is 10.8. The molecule has 0 spiro atoms. The minimum Gasteiger partial charge on any atom is -0.744 e. The van der Waals surface area contributed by atoms with Gasteiger partial charge in [0.25, 0.3) is 0 Å². The summed E-state index contributed by atoms with van der Waals surface area (Å²) in [6.45, 7) is 10.5. The second-order valence-electron chi connectivity index (χ2n) is 6.68. The third-order valence-electron chi connectivity index (χ3n) is 5.26. The van der Waals surface area contributed by atoms with Gasteiger partial charge in [0, 0.05) is 5.39 Å². The first kappa shape index (κ1) is 19.5. The molecule has 0 aliphatic rings. The van der Waals surface area contributed by atoms with Gasteiger partial charge in [-0.15, -0.1) is 0 Å². The van der Waals surface area contributed by atoms with Crippen LogP contribution in [0.5, 0.6) is 0 Å². The number of rotatable bonds is 4. The fourth-order valence-electron chi connectivity index (χ4n) is 3.68. The molecule has 0 atom stereocenters. The van der Waals surface area contributed by atoms with Crippen molar-refractivity contribution in [1.29, 1.82) is 0 Å². The topological polar surface area (TPSA) is 61.6 Å². The predicted molar refractivity (Wildman–Crippen MR) is 111 cm³/mol. The number of hydrogen-bond acceptors (Lipinski definition) is 3. The molecule has 27 heavy (non-hydrogen) atoms. The molecule has 4 rings (SSSR count). The molecule has 0 radical (unpaired) electrons. The van der Waals surface area contributed by atoms with Gasteiger partial charge in [-0.05, 0) is 53.8 Å². The Labute approximate surface area is 160 Å². The summed E-state index contributed by atoms with van der Waals surface area (Å²) in [6.07, 6.45) is 0. The van der Waals surface area contributed by atoms with Crippen molar-refractivity contribution in [3.05, 3.63) is 54.6 Å². The quantitative estimate of drug-likeness (QED) is 0.434. The van der Waals surface area contributed by atoms with E-state index in [0.29, 0.717) is 5.39 Å². The summed E-state index contributed by atoms with van der Waals surface area (Å²) in [5.41, 5.74) is 0. The van der Waals surface area contributed by atoms with Crippen LogP contribution in [0.3, 0.4) is 0 Å². The van der Waals surface area contributed by atoms with E-state index in [1.807, 2.05) is 36.4 Å². The normalized spacial score (nSPS) is 12.0. The van der Waals surface area contributed by atoms with Crippen LogP contribution in [0.25, 0.3) is 32.3 Å². The van der Waals surface area contributed by atoms with E-state index >= 15 is 0 Å². The van der Waals surface area contributed by atoms with Gasteiger partial charge in [-0.3, -0.25) is 0 Å². The van der Waals surface area contributed by atoms with Crippen molar-refractivity contribution in [3.8, 4) is 0 Å². The number of nitrogens with one attached hydrogen (secondary N) is 1. The monoisotopic (exact) mass is 383 g/mol. The molecule has 0 bridgehead atoms. The van der Waals surface area contributed by atoms with E-state index in [9.17, 15) is 13.0 Å². The molecule has 0 saturated carbocycles.